The lowest BCUT2D eigenvalue weighted by molar-refractivity contribution is -0.192. The third-order valence-electron chi connectivity index (χ3n) is 6.13. The van der Waals surface area contributed by atoms with Crippen molar-refractivity contribution < 1.29 is 36.6 Å². The van der Waals surface area contributed by atoms with Gasteiger partial charge in [0, 0.05) is 23.2 Å². The number of aliphatic hydroxyl groups excluding tert-OH is 1. The van der Waals surface area contributed by atoms with E-state index >= 15 is 0 Å². The van der Waals surface area contributed by atoms with Gasteiger partial charge in [-0.1, -0.05) is 18.2 Å². The molecule has 0 aliphatic heterocycles. The van der Waals surface area contributed by atoms with Crippen LogP contribution in [0.15, 0.2) is 65.7 Å². The Balaban J connectivity index is 0.000000517. The summed E-state index contributed by atoms with van der Waals surface area (Å²) in [4.78, 5) is 13.5. The minimum absolute atomic E-state index is 0.184. The Kier molecular flexibility index (Phi) is 8.33. The van der Waals surface area contributed by atoms with Crippen LogP contribution < -0.4 is 15.8 Å². The number of fused-ring (bicyclic) bond motifs is 2. The van der Waals surface area contributed by atoms with Gasteiger partial charge in [-0.2, -0.15) is 13.2 Å². The van der Waals surface area contributed by atoms with Crippen molar-refractivity contribution in [3.05, 3.63) is 71.9 Å². The van der Waals surface area contributed by atoms with Gasteiger partial charge in [-0.05, 0) is 68.3 Å². The van der Waals surface area contributed by atoms with Crippen molar-refractivity contribution in [3.63, 3.8) is 0 Å². The smallest absolute Gasteiger partial charge is 0.475 e. The molecule has 224 valence electrons. The molecule has 0 amide bonds. The van der Waals surface area contributed by atoms with Gasteiger partial charge in [-0.15, -0.1) is 5.10 Å². The number of carbonyl (C=O) groups is 1. The van der Waals surface area contributed by atoms with Crippen LogP contribution >= 0.6 is 0 Å². The van der Waals surface area contributed by atoms with Crippen molar-refractivity contribution in [1.82, 2.24) is 19.3 Å². The average Bonchev–Trinajstić information content (AvgIpc) is 3.43. The molecule has 1 aliphatic rings. The summed E-state index contributed by atoms with van der Waals surface area (Å²) in [5, 5.41) is 25.0. The SMILES string of the molecule is CC(C)(C)NS(=O)(=O)c1cccc(-c2ccc3cnc(Nc4ccc5c(c4)C(N)C(O)C5)nn23)c1.O=C(O)C(F)(F)F. The Morgan fingerprint density at radius 1 is 1.10 bits per heavy atom. The maximum atomic E-state index is 12.8. The minimum atomic E-state index is -5.08. The van der Waals surface area contributed by atoms with Gasteiger partial charge in [0.1, 0.15) is 0 Å². The van der Waals surface area contributed by atoms with E-state index in [2.05, 4.69) is 20.1 Å². The molecule has 0 radical (unpaired) electrons. The number of carboxylic acid groups (broad SMARTS) is 1. The van der Waals surface area contributed by atoms with E-state index in [0.29, 0.717) is 17.9 Å². The van der Waals surface area contributed by atoms with Crippen LogP contribution in [0.2, 0.25) is 0 Å². The number of carboxylic acids is 1. The van der Waals surface area contributed by atoms with E-state index in [1.54, 1.807) is 49.7 Å². The molecule has 0 bridgehead atoms. The van der Waals surface area contributed by atoms with Gasteiger partial charge in [-0.25, -0.2) is 27.4 Å². The minimum Gasteiger partial charge on any atom is -0.475 e. The molecule has 1 aliphatic carbocycles. The highest BCUT2D eigenvalue weighted by Crippen LogP contribution is 2.32. The average molecular weight is 607 g/mol. The highest BCUT2D eigenvalue weighted by atomic mass is 32.2. The van der Waals surface area contributed by atoms with Crippen molar-refractivity contribution in [1.29, 1.82) is 0 Å². The molecule has 42 heavy (non-hydrogen) atoms. The number of halogens is 3. The third kappa shape index (κ3) is 7.05. The molecule has 2 atom stereocenters. The Hall–Kier alpha value is -4.05. The van der Waals surface area contributed by atoms with E-state index in [-0.39, 0.29) is 4.90 Å². The molecular formula is C27H29F3N6O5S. The van der Waals surface area contributed by atoms with Gasteiger partial charge in [0.05, 0.1) is 34.4 Å². The van der Waals surface area contributed by atoms with E-state index < -0.39 is 39.9 Å². The fraction of sp³-hybridized carbons (Fsp3) is 0.296. The fourth-order valence-corrected chi connectivity index (χ4v) is 5.78. The van der Waals surface area contributed by atoms with Crippen LogP contribution in [-0.4, -0.2) is 57.0 Å². The Morgan fingerprint density at radius 3 is 2.43 bits per heavy atom. The molecule has 0 saturated carbocycles. The fourth-order valence-electron chi connectivity index (χ4n) is 4.32. The van der Waals surface area contributed by atoms with Crippen LogP contribution in [0.5, 0.6) is 0 Å². The molecule has 6 N–H and O–H groups in total. The number of anilines is 2. The number of aliphatic hydroxyl groups is 1. The number of sulfonamides is 1. The third-order valence-corrected chi connectivity index (χ3v) is 7.88. The summed E-state index contributed by atoms with van der Waals surface area (Å²) in [5.41, 5.74) is 10.4. The highest BCUT2D eigenvalue weighted by Gasteiger charge is 2.38. The number of hydrogen-bond acceptors (Lipinski definition) is 8. The lowest BCUT2D eigenvalue weighted by atomic mass is 10.1. The van der Waals surface area contributed by atoms with Gasteiger partial charge in [0.2, 0.25) is 16.0 Å². The Morgan fingerprint density at radius 2 is 1.79 bits per heavy atom. The lowest BCUT2D eigenvalue weighted by Crippen LogP contribution is -2.40. The van der Waals surface area contributed by atoms with E-state index in [0.717, 1.165) is 28.0 Å². The monoisotopic (exact) mass is 606 g/mol. The summed E-state index contributed by atoms with van der Waals surface area (Å²) in [7, 11) is -3.68. The van der Waals surface area contributed by atoms with E-state index in [9.17, 15) is 26.7 Å². The number of alkyl halides is 3. The second kappa shape index (κ2) is 11.3. The predicted molar refractivity (Wildman–Crippen MR) is 149 cm³/mol. The predicted octanol–water partition coefficient (Wildman–Crippen LogP) is 3.77. The molecule has 15 heteroatoms. The molecule has 2 unspecified atom stereocenters. The van der Waals surface area contributed by atoms with Gasteiger partial charge in [-0.3, -0.25) is 0 Å². The summed E-state index contributed by atoms with van der Waals surface area (Å²) in [6, 6.07) is 15.9. The normalized spacial score (nSPS) is 17.0. The summed E-state index contributed by atoms with van der Waals surface area (Å²) < 4.78 is 61.8. The molecule has 5 rings (SSSR count). The molecular weight excluding hydrogens is 577 g/mol. The quantitative estimate of drug-likeness (QED) is 0.227. The molecule has 0 fully saturated rings. The van der Waals surface area contributed by atoms with Crippen molar-refractivity contribution >= 4 is 33.1 Å². The zero-order chi connectivity index (χ0) is 31.0. The van der Waals surface area contributed by atoms with E-state index in [4.69, 9.17) is 15.6 Å². The molecule has 2 heterocycles. The topological polar surface area (TPSA) is 172 Å². The van der Waals surface area contributed by atoms with Gasteiger partial charge in [0.25, 0.3) is 0 Å². The van der Waals surface area contributed by atoms with Gasteiger partial charge >= 0.3 is 12.1 Å². The van der Waals surface area contributed by atoms with Crippen LogP contribution in [0.3, 0.4) is 0 Å². The maximum absolute atomic E-state index is 12.8. The van der Waals surface area contributed by atoms with Crippen LogP contribution in [0.25, 0.3) is 16.8 Å². The van der Waals surface area contributed by atoms with Gasteiger partial charge in [0.15, 0.2) is 0 Å². The zero-order valence-corrected chi connectivity index (χ0v) is 23.5. The largest absolute Gasteiger partial charge is 0.490 e. The first kappa shape index (κ1) is 30.9. The van der Waals surface area contributed by atoms with Crippen LogP contribution in [-0.2, 0) is 21.2 Å². The number of hydrogen-bond donors (Lipinski definition) is 5. The molecule has 0 saturated heterocycles. The van der Waals surface area contributed by atoms with Crippen molar-refractivity contribution in [3.8, 4) is 11.3 Å². The summed E-state index contributed by atoms with van der Waals surface area (Å²) in [6.07, 6.45) is -3.41. The highest BCUT2D eigenvalue weighted by molar-refractivity contribution is 7.89. The lowest BCUT2D eigenvalue weighted by Gasteiger charge is -2.20. The van der Waals surface area contributed by atoms with Crippen molar-refractivity contribution in [2.24, 2.45) is 5.73 Å². The van der Waals surface area contributed by atoms with Gasteiger partial charge < -0.3 is 21.3 Å². The number of nitrogens with one attached hydrogen (secondary N) is 2. The van der Waals surface area contributed by atoms with Crippen molar-refractivity contribution in [2.45, 2.75) is 55.9 Å². The van der Waals surface area contributed by atoms with Crippen LogP contribution in [0, 0.1) is 0 Å². The number of nitrogens with two attached hydrogens (primary N) is 1. The van der Waals surface area contributed by atoms with Crippen LogP contribution in [0.4, 0.5) is 24.8 Å². The number of benzene rings is 2. The second-order valence-electron chi connectivity index (χ2n) is 10.7. The Bertz CT molecular complexity index is 1730. The summed E-state index contributed by atoms with van der Waals surface area (Å²) in [6.45, 7) is 5.41. The first-order valence-electron chi connectivity index (χ1n) is 12.6. The maximum Gasteiger partial charge on any atom is 0.490 e. The molecule has 4 aromatic rings. The molecule has 2 aromatic carbocycles. The second-order valence-corrected chi connectivity index (χ2v) is 12.3. The molecule has 11 nitrogen and oxygen atoms in total. The number of nitrogens with zero attached hydrogens (tertiary/aromatic N) is 3. The molecule has 2 aromatic heterocycles. The van der Waals surface area contributed by atoms with E-state index in [1.807, 2.05) is 36.4 Å². The zero-order valence-electron chi connectivity index (χ0n) is 22.7. The van der Waals surface area contributed by atoms with E-state index in [1.165, 1.54) is 0 Å². The first-order chi connectivity index (χ1) is 19.4. The number of aliphatic carboxylic acids is 1. The van der Waals surface area contributed by atoms with Crippen molar-refractivity contribution in [2.75, 3.05) is 5.32 Å². The summed E-state index contributed by atoms with van der Waals surface area (Å²) in [5.74, 6) is -2.38. The summed E-state index contributed by atoms with van der Waals surface area (Å²) >= 11 is 0. The first-order valence-corrected chi connectivity index (χ1v) is 14.1. The number of rotatable bonds is 5. The standard InChI is InChI=1S/C25H28N6O3S.C2HF3O2/c1-25(2,3)30-35(33,34)19-6-4-5-16(11-19)21-10-9-18-14-27-24(29-31(18)21)28-17-8-7-15-12-22(32)23(26)20(15)13-17;3-2(4,5)1(6)7/h4-11,13-14,22-23,30,32H,12,26H2,1-3H3,(H,28,29);(H,6,7). The molecule has 0 spiro atoms. The van der Waals surface area contributed by atoms with Crippen LogP contribution in [0.1, 0.15) is 37.9 Å². The Labute approximate surface area is 239 Å². The number of aromatic nitrogens is 3.